The topological polar surface area (TPSA) is 59.3 Å². The van der Waals surface area contributed by atoms with Crippen LogP contribution in [-0.4, -0.2) is 48.3 Å². The average molecular weight is 169 g/mol. The van der Waals surface area contributed by atoms with Gasteiger partial charge < -0.3 is 10.4 Å². The number of rotatable bonds is 2. The first-order chi connectivity index (χ1) is 5.79. The quantitative estimate of drug-likeness (QED) is 0.566. The van der Waals surface area contributed by atoms with Gasteiger partial charge in [-0.25, -0.2) is 0 Å². The minimum Gasteiger partial charge on any atom is -0.395 e. The first kappa shape index (κ1) is 9.46. The number of piperazine rings is 1. The van der Waals surface area contributed by atoms with Crippen LogP contribution in [0.25, 0.3) is 0 Å². The number of nitrogens with one attached hydrogen (secondary N) is 1. The molecule has 0 aliphatic carbocycles. The van der Waals surface area contributed by atoms with Crippen molar-refractivity contribution in [1.29, 1.82) is 5.26 Å². The van der Waals surface area contributed by atoms with Gasteiger partial charge in [0, 0.05) is 25.7 Å². The highest BCUT2D eigenvalue weighted by atomic mass is 16.3. The predicted molar refractivity (Wildman–Crippen MR) is 45.5 cm³/mol. The van der Waals surface area contributed by atoms with E-state index in [1.54, 1.807) is 0 Å². The Kier molecular flexibility index (Phi) is 3.48. The van der Waals surface area contributed by atoms with Gasteiger partial charge in [-0.1, -0.05) is 0 Å². The molecular formula is C8H15N3O. The van der Waals surface area contributed by atoms with Gasteiger partial charge in [0.1, 0.15) is 6.04 Å². The van der Waals surface area contributed by atoms with Crippen molar-refractivity contribution >= 4 is 0 Å². The molecule has 68 valence electrons. The van der Waals surface area contributed by atoms with Gasteiger partial charge in [-0.2, -0.15) is 5.26 Å². The second-order valence-corrected chi connectivity index (χ2v) is 3.12. The third-order valence-electron chi connectivity index (χ3n) is 2.26. The molecule has 12 heavy (non-hydrogen) atoms. The molecule has 0 aromatic carbocycles. The van der Waals surface area contributed by atoms with Crippen molar-refractivity contribution in [2.24, 2.45) is 0 Å². The van der Waals surface area contributed by atoms with E-state index in [0.717, 1.165) is 13.1 Å². The Morgan fingerprint density at radius 2 is 2.58 bits per heavy atom. The highest BCUT2D eigenvalue weighted by Gasteiger charge is 2.25. The smallest absolute Gasteiger partial charge is 0.111 e. The van der Waals surface area contributed by atoms with Crippen molar-refractivity contribution < 1.29 is 5.11 Å². The van der Waals surface area contributed by atoms with Crippen LogP contribution in [-0.2, 0) is 0 Å². The van der Waals surface area contributed by atoms with E-state index < -0.39 is 0 Å². The molecule has 0 aromatic heterocycles. The first-order valence-electron chi connectivity index (χ1n) is 4.26. The van der Waals surface area contributed by atoms with Crippen LogP contribution < -0.4 is 5.32 Å². The van der Waals surface area contributed by atoms with E-state index in [-0.39, 0.29) is 18.7 Å². The Morgan fingerprint density at radius 1 is 1.83 bits per heavy atom. The summed E-state index contributed by atoms with van der Waals surface area (Å²) in [5.74, 6) is 0. The lowest BCUT2D eigenvalue weighted by atomic mass is 10.1. The fourth-order valence-electron chi connectivity index (χ4n) is 1.47. The lowest BCUT2D eigenvalue weighted by molar-refractivity contribution is 0.0968. The second-order valence-electron chi connectivity index (χ2n) is 3.12. The predicted octanol–water partition coefficient (Wildman–Crippen LogP) is -0.835. The maximum absolute atomic E-state index is 8.93. The SMILES string of the molecule is CC(CO)N1CCNCC1C#N. The van der Waals surface area contributed by atoms with E-state index in [1.165, 1.54) is 0 Å². The van der Waals surface area contributed by atoms with E-state index >= 15 is 0 Å². The number of hydrogen-bond donors (Lipinski definition) is 2. The van der Waals surface area contributed by atoms with Gasteiger partial charge in [-0.15, -0.1) is 0 Å². The molecule has 0 aromatic rings. The molecule has 1 fully saturated rings. The van der Waals surface area contributed by atoms with Crippen molar-refractivity contribution in [3.8, 4) is 6.07 Å². The van der Waals surface area contributed by atoms with Gasteiger partial charge in [-0.3, -0.25) is 4.90 Å². The summed E-state index contributed by atoms with van der Waals surface area (Å²) in [5.41, 5.74) is 0. The lowest BCUT2D eigenvalue weighted by Crippen LogP contribution is -2.54. The zero-order chi connectivity index (χ0) is 8.97. The number of nitriles is 1. The summed E-state index contributed by atoms with van der Waals surface area (Å²) in [6.07, 6.45) is 0. The summed E-state index contributed by atoms with van der Waals surface area (Å²) in [4.78, 5) is 2.04. The molecule has 0 amide bonds. The van der Waals surface area contributed by atoms with E-state index in [1.807, 2.05) is 11.8 Å². The fourth-order valence-corrected chi connectivity index (χ4v) is 1.47. The Bertz CT molecular complexity index is 178. The third-order valence-corrected chi connectivity index (χ3v) is 2.26. The summed E-state index contributed by atoms with van der Waals surface area (Å²) in [6, 6.07) is 2.23. The van der Waals surface area contributed by atoms with Gasteiger partial charge >= 0.3 is 0 Å². The highest BCUT2D eigenvalue weighted by molar-refractivity contribution is 4.97. The number of nitrogens with zero attached hydrogens (tertiary/aromatic N) is 2. The minimum atomic E-state index is -0.0825. The normalized spacial score (nSPS) is 27.9. The van der Waals surface area contributed by atoms with Crippen molar-refractivity contribution in [3.05, 3.63) is 0 Å². The summed E-state index contributed by atoms with van der Waals surface area (Å²) in [6.45, 7) is 4.52. The summed E-state index contributed by atoms with van der Waals surface area (Å²) < 4.78 is 0. The molecule has 4 nitrogen and oxygen atoms in total. The summed E-state index contributed by atoms with van der Waals surface area (Å²) in [7, 11) is 0. The summed E-state index contributed by atoms with van der Waals surface area (Å²) >= 11 is 0. The number of aliphatic hydroxyl groups excluding tert-OH is 1. The number of hydrogen-bond acceptors (Lipinski definition) is 4. The second kappa shape index (κ2) is 4.41. The van der Waals surface area contributed by atoms with Crippen LogP contribution >= 0.6 is 0 Å². The van der Waals surface area contributed by atoms with Crippen LogP contribution in [0.15, 0.2) is 0 Å². The Hall–Kier alpha value is -0.630. The Labute approximate surface area is 72.8 Å². The van der Waals surface area contributed by atoms with Crippen molar-refractivity contribution in [3.63, 3.8) is 0 Å². The van der Waals surface area contributed by atoms with Crippen molar-refractivity contribution in [2.45, 2.75) is 19.0 Å². The van der Waals surface area contributed by atoms with E-state index in [9.17, 15) is 0 Å². The third kappa shape index (κ3) is 1.95. The van der Waals surface area contributed by atoms with Crippen molar-refractivity contribution in [2.75, 3.05) is 26.2 Å². The molecule has 2 N–H and O–H groups in total. The monoisotopic (exact) mass is 169 g/mol. The minimum absolute atomic E-state index is 0.0825. The molecule has 1 aliphatic heterocycles. The molecule has 1 heterocycles. The molecule has 0 spiro atoms. The standard InChI is InChI=1S/C8H15N3O/c1-7(6-12)11-3-2-10-5-8(11)4-9/h7-8,10,12H,2-3,5-6H2,1H3. The Balaban J connectivity index is 2.53. The van der Waals surface area contributed by atoms with Gasteiger partial charge in [0.2, 0.25) is 0 Å². The molecule has 2 atom stereocenters. The van der Waals surface area contributed by atoms with Crippen LogP contribution in [0.3, 0.4) is 0 Å². The van der Waals surface area contributed by atoms with Crippen LogP contribution in [0.2, 0.25) is 0 Å². The van der Waals surface area contributed by atoms with Crippen LogP contribution in [0.1, 0.15) is 6.92 Å². The van der Waals surface area contributed by atoms with Gasteiger partial charge in [0.15, 0.2) is 0 Å². The molecule has 1 rings (SSSR count). The molecular weight excluding hydrogens is 154 g/mol. The first-order valence-corrected chi connectivity index (χ1v) is 4.26. The summed E-state index contributed by atoms with van der Waals surface area (Å²) in [5, 5.41) is 20.9. The lowest BCUT2D eigenvalue weighted by Gasteiger charge is -2.35. The van der Waals surface area contributed by atoms with Crippen molar-refractivity contribution in [1.82, 2.24) is 10.2 Å². The molecule has 0 bridgehead atoms. The van der Waals surface area contributed by atoms with Crippen LogP contribution in [0.4, 0.5) is 0 Å². The average Bonchev–Trinajstić information content (AvgIpc) is 2.16. The molecule has 1 saturated heterocycles. The zero-order valence-electron chi connectivity index (χ0n) is 7.32. The maximum atomic E-state index is 8.93. The molecule has 0 radical (unpaired) electrons. The maximum Gasteiger partial charge on any atom is 0.111 e. The van der Waals surface area contributed by atoms with E-state index in [2.05, 4.69) is 11.4 Å². The Morgan fingerprint density at radius 3 is 3.17 bits per heavy atom. The van der Waals surface area contributed by atoms with Gasteiger partial charge in [0.05, 0.1) is 12.7 Å². The zero-order valence-corrected chi connectivity index (χ0v) is 7.32. The van der Waals surface area contributed by atoms with Gasteiger partial charge in [-0.05, 0) is 6.92 Å². The van der Waals surface area contributed by atoms with E-state index in [4.69, 9.17) is 10.4 Å². The van der Waals surface area contributed by atoms with Crippen LogP contribution in [0, 0.1) is 11.3 Å². The number of aliphatic hydroxyl groups is 1. The highest BCUT2D eigenvalue weighted by Crippen LogP contribution is 2.06. The largest absolute Gasteiger partial charge is 0.395 e. The molecule has 2 unspecified atom stereocenters. The molecule has 4 heteroatoms. The van der Waals surface area contributed by atoms with E-state index in [0.29, 0.717) is 6.54 Å². The molecule has 1 aliphatic rings. The molecule has 0 saturated carbocycles. The van der Waals surface area contributed by atoms with Gasteiger partial charge in [0.25, 0.3) is 0 Å². The van der Waals surface area contributed by atoms with Crippen LogP contribution in [0.5, 0.6) is 0 Å². The fraction of sp³-hybridized carbons (Fsp3) is 0.875.